The molecule has 0 aliphatic rings. The van der Waals surface area contributed by atoms with Crippen molar-refractivity contribution in [3.8, 4) is 11.1 Å². The van der Waals surface area contributed by atoms with Crippen molar-refractivity contribution in [2.75, 3.05) is 40.0 Å². The lowest BCUT2D eigenvalue weighted by molar-refractivity contribution is 0.0698. The molecule has 1 aromatic heterocycles. The van der Waals surface area contributed by atoms with E-state index in [4.69, 9.17) is 14.5 Å². The van der Waals surface area contributed by atoms with Gasteiger partial charge in [-0.15, -0.1) is 0 Å². The summed E-state index contributed by atoms with van der Waals surface area (Å²) in [5.74, 6) is 0.819. The molecule has 7 heteroatoms. The van der Waals surface area contributed by atoms with Gasteiger partial charge in [0.15, 0.2) is 5.96 Å². The fraction of sp³-hybridized carbons (Fsp3) is 0.385. The molecule has 3 rings (SSSR count). The number of aliphatic imine (C=N–C) groups is 1. The number of rotatable bonds is 13. The van der Waals surface area contributed by atoms with Crippen LogP contribution in [0, 0.1) is 0 Å². The highest BCUT2D eigenvalue weighted by atomic mass is 16.5. The number of methoxy groups -OCH3 is 1. The average Bonchev–Trinajstić information content (AvgIpc) is 3.36. The van der Waals surface area contributed by atoms with Crippen LogP contribution in [0.5, 0.6) is 0 Å². The fourth-order valence-corrected chi connectivity index (χ4v) is 3.45. The van der Waals surface area contributed by atoms with Gasteiger partial charge >= 0.3 is 0 Å². The van der Waals surface area contributed by atoms with E-state index in [1.54, 1.807) is 13.3 Å². The molecular formula is C26H35N5O2. The Morgan fingerprint density at radius 1 is 1.03 bits per heavy atom. The Hall–Kier alpha value is -3.16. The first kappa shape index (κ1) is 24.5. The number of ether oxygens (including phenoxy) is 2. The molecule has 1 heterocycles. The predicted octanol–water partition coefficient (Wildman–Crippen LogP) is 3.71. The largest absolute Gasteiger partial charge is 0.382 e. The highest BCUT2D eigenvalue weighted by molar-refractivity contribution is 5.80. The zero-order valence-electron chi connectivity index (χ0n) is 19.7. The van der Waals surface area contributed by atoms with Crippen LogP contribution in [0.4, 0.5) is 0 Å². The van der Waals surface area contributed by atoms with Crippen molar-refractivity contribution in [1.29, 1.82) is 0 Å². The third-order valence-corrected chi connectivity index (χ3v) is 5.15. The Kier molecular flexibility index (Phi) is 10.4. The van der Waals surface area contributed by atoms with Gasteiger partial charge in [-0.25, -0.2) is 9.98 Å². The van der Waals surface area contributed by atoms with Crippen LogP contribution in [-0.2, 0) is 22.6 Å². The van der Waals surface area contributed by atoms with E-state index in [0.29, 0.717) is 26.4 Å². The molecule has 0 unspecified atom stereocenters. The van der Waals surface area contributed by atoms with E-state index >= 15 is 0 Å². The molecule has 0 bridgehead atoms. The molecular weight excluding hydrogens is 414 g/mol. The number of nitrogens with one attached hydrogen (secondary N) is 2. The Labute approximate surface area is 196 Å². The van der Waals surface area contributed by atoms with E-state index in [2.05, 4.69) is 75.6 Å². The van der Waals surface area contributed by atoms with Crippen molar-refractivity contribution in [3.05, 3.63) is 78.4 Å². The number of nitrogens with zero attached hydrogens (tertiary/aromatic N) is 3. The van der Waals surface area contributed by atoms with Crippen LogP contribution >= 0.6 is 0 Å². The molecule has 2 N–H and O–H groups in total. The van der Waals surface area contributed by atoms with E-state index in [1.165, 1.54) is 22.3 Å². The number of aromatic nitrogens is 2. The molecule has 3 aromatic rings. The zero-order chi connectivity index (χ0) is 23.1. The lowest BCUT2D eigenvalue weighted by Gasteiger charge is -2.13. The summed E-state index contributed by atoms with van der Waals surface area (Å²) in [6.07, 6.45) is 6.53. The summed E-state index contributed by atoms with van der Waals surface area (Å²) in [6, 6.07) is 17.2. The summed E-state index contributed by atoms with van der Waals surface area (Å²) in [7, 11) is 1.68. The molecule has 0 saturated heterocycles. The predicted molar refractivity (Wildman–Crippen MR) is 133 cm³/mol. The van der Waals surface area contributed by atoms with Gasteiger partial charge < -0.3 is 24.7 Å². The Balaban J connectivity index is 1.59. The average molecular weight is 450 g/mol. The monoisotopic (exact) mass is 449 g/mol. The third-order valence-electron chi connectivity index (χ3n) is 5.15. The van der Waals surface area contributed by atoms with Crippen LogP contribution in [-0.4, -0.2) is 55.5 Å². The van der Waals surface area contributed by atoms with Crippen LogP contribution in [0.25, 0.3) is 11.1 Å². The van der Waals surface area contributed by atoms with E-state index in [0.717, 1.165) is 32.0 Å². The molecule has 0 fully saturated rings. The van der Waals surface area contributed by atoms with Gasteiger partial charge in [0.2, 0.25) is 0 Å². The lowest BCUT2D eigenvalue weighted by Crippen LogP contribution is -2.38. The summed E-state index contributed by atoms with van der Waals surface area (Å²) in [5, 5.41) is 6.71. The second-order valence-electron chi connectivity index (χ2n) is 7.67. The molecule has 33 heavy (non-hydrogen) atoms. The molecule has 0 saturated carbocycles. The minimum Gasteiger partial charge on any atom is -0.382 e. The second-order valence-corrected chi connectivity index (χ2v) is 7.67. The molecule has 2 aromatic carbocycles. The molecule has 0 amide bonds. The maximum absolute atomic E-state index is 5.52. The van der Waals surface area contributed by atoms with Crippen molar-refractivity contribution < 1.29 is 9.47 Å². The standard InChI is InChI=1S/C26H35N5O2/c1-3-28-26(29-13-6-16-33-18-17-32-2)30-19-24-7-4-5-8-25(24)23-11-9-22(10-12-23)20-31-15-14-27-21-31/h4-5,7-12,14-15,21H,3,6,13,16-20H2,1-2H3,(H2,28,29,30). The normalized spacial score (nSPS) is 11.5. The highest BCUT2D eigenvalue weighted by Crippen LogP contribution is 2.25. The molecule has 0 aliphatic heterocycles. The quantitative estimate of drug-likeness (QED) is 0.236. The van der Waals surface area contributed by atoms with Gasteiger partial charge in [-0.3, -0.25) is 0 Å². The highest BCUT2D eigenvalue weighted by Gasteiger charge is 2.06. The van der Waals surface area contributed by atoms with Crippen LogP contribution < -0.4 is 10.6 Å². The Bertz CT molecular complexity index is 955. The third kappa shape index (κ3) is 8.36. The van der Waals surface area contributed by atoms with Gasteiger partial charge in [0, 0.05) is 45.7 Å². The summed E-state index contributed by atoms with van der Waals surface area (Å²) in [5.41, 5.74) is 4.84. The van der Waals surface area contributed by atoms with Gasteiger partial charge in [0.1, 0.15) is 0 Å². The maximum Gasteiger partial charge on any atom is 0.191 e. The van der Waals surface area contributed by atoms with Crippen molar-refractivity contribution in [3.63, 3.8) is 0 Å². The maximum atomic E-state index is 5.52. The van der Waals surface area contributed by atoms with E-state index in [1.807, 2.05) is 12.5 Å². The molecule has 7 nitrogen and oxygen atoms in total. The molecule has 0 spiro atoms. The van der Waals surface area contributed by atoms with Crippen LogP contribution in [0.1, 0.15) is 24.5 Å². The Morgan fingerprint density at radius 3 is 2.64 bits per heavy atom. The van der Waals surface area contributed by atoms with Gasteiger partial charge in [-0.1, -0.05) is 48.5 Å². The number of benzene rings is 2. The molecule has 0 aliphatic carbocycles. The van der Waals surface area contributed by atoms with Gasteiger partial charge in [0.25, 0.3) is 0 Å². The summed E-state index contributed by atoms with van der Waals surface area (Å²) in [4.78, 5) is 8.92. The topological polar surface area (TPSA) is 72.7 Å². The molecule has 0 radical (unpaired) electrons. The number of imidazole rings is 1. The first-order valence-corrected chi connectivity index (χ1v) is 11.5. The van der Waals surface area contributed by atoms with E-state index in [9.17, 15) is 0 Å². The Morgan fingerprint density at radius 2 is 1.88 bits per heavy atom. The van der Waals surface area contributed by atoms with Crippen molar-refractivity contribution >= 4 is 5.96 Å². The number of hydrogen-bond acceptors (Lipinski definition) is 4. The fourth-order valence-electron chi connectivity index (χ4n) is 3.45. The summed E-state index contributed by atoms with van der Waals surface area (Å²) < 4.78 is 12.6. The summed E-state index contributed by atoms with van der Waals surface area (Å²) >= 11 is 0. The van der Waals surface area contributed by atoms with E-state index < -0.39 is 0 Å². The van der Waals surface area contributed by atoms with Crippen LogP contribution in [0.3, 0.4) is 0 Å². The minimum absolute atomic E-state index is 0.604. The number of guanidine groups is 1. The van der Waals surface area contributed by atoms with Crippen molar-refractivity contribution in [1.82, 2.24) is 20.2 Å². The van der Waals surface area contributed by atoms with Crippen molar-refractivity contribution in [2.24, 2.45) is 4.99 Å². The summed E-state index contributed by atoms with van der Waals surface area (Å²) in [6.45, 7) is 7.08. The first-order valence-electron chi connectivity index (χ1n) is 11.5. The van der Waals surface area contributed by atoms with Crippen molar-refractivity contribution in [2.45, 2.75) is 26.4 Å². The van der Waals surface area contributed by atoms with Gasteiger partial charge in [-0.05, 0) is 35.6 Å². The first-order chi connectivity index (χ1) is 16.3. The van der Waals surface area contributed by atoms with Crippen LogP contribution in [0.15, 0.2) is 72.2 Å². The smallest absolute Gasteiger partial charge is 0.191 e. The van der Waals surface area contributed by atoms with E-state index in [-0.39, 0.29) is 0 Å². The minimum atomic E-state index is 0.604. The van der Waals surface area contributed by atoms with Crippen LogP contribution in [0.2, 0.25) is 0 Å². The zero-order valence-corrected chi connectivity index (χ0v) is 19.7. The lowest BCUT2D eigenvalue weighted by atomic mass is 9.98. The molecule has 0 atom stereocenters. The SMILES string of the molecule is CCNC(=NCc1ccccc1-c1ccc(Cn2ccnc2)cc1)NCCCOCCOC. The van der Waals surface area contributed by atoms with Gasteiger partial charge in [-0.2, -0.15) is 0 Å². The molecule has 176 valence electrons. The number of hydrogen-bond donors (Lipinski definition) is 2. The van der Waals surface area contributed by atoms with Gasteiger partial charge in [0.05, 0.1) is 26.1 Å². The second kappa shape index (κ2) is 14.1.